The lowest BCUT2D eigenvalue weighted by atomic mass is 10.1. The average molecular weight is 380 g/mol. The highest BCUT2D eigenvalue weighted by Gasteiger charge is 2.08. The summed E-state index contributed by atoms with van der Waals surface area (Å²) < 4.78 is 10.6. The molecule has 0 bridgehead atoms. The predicted molar refractivity (Wildman–Crippen MR) is 107 cm³/mol. The second-order valence-electron chi connectivity index (χ2n) is 6.04. The molecule has 0 fully saturated rings. The van der Waals surface area contributed by atoms with E-state index in [9.17, 15) is 9.59 Å². The fourth-order valence-corrected chi connectivity index (χ4v) is 2.76. The number of rotatable bonds is 5. The zero-order chi connectivity index (χ0) is 20.3. The summed E-state index contributed by atoms with van der Waals surface area (Å²) in [5.74, 6) is 1.02. The molecule has 2 aromatic heterocycles. The van der Waals surface area contributed by atoms with Crippen LogP contribution in [0, 0.1) is 0 Å². The second-order valence-corrected chi connectivity index (χ2v) is 6.04. The number of aromatic nitrogens is 4. The lowest BCUT2D eigenvalue weighted by molar-refractivity contribution is 0.392. The average Bonchev–Trinajstić information content (AvgIpc) is 3.14. The van der Waals surface area contributed by atoms with Crippen molar-refractivity contribution in [3.63, 3.8) is 0 Å². The van der Waals surface area contributed by atoms with Gasteiger partial charge in [-0.15, -0.1) is 0 Å². The van der Waals surface area contributed by atoms with E-state index >= 15 is 0 Å². The van der Waals surface area contributed by atoms with Crippen LogP contribution < -0.4 is 31.3 Å². The van der Waals surface area contributed by atoms with E-state index in [4.69, 9.17) is 9.47 Å². The van der Waals surface area contributed by atoms with E-state index in [-0.39, 0.29) is 10.7 Å². The Balaban J connectivity index is 2.20. The number of aromatic amines is 3. The highest BCUT2D eigenvalue weighted by molar-refractivity contribution is 5.66. The summed E-state index contributed by atoms with van der Waals surface area (Å²) in [4.78, 5) is 37.3. The minimum atomic E-state index is -0.466. The number of ether oxygens (including phenoxy) is 2. The van der Waals surface area contributed by atoms with Gasteiger partial charge in [-0.2, -0.15) is 0 Å². The lowest BCUT2D eigenvalue weighted by Gasteiger charge is -2.09. The number of hydrogen-bond acceptors (Lipinski definition) is 5. The van der Waals surface area contributed by atoms with Crippen LogP contribution in [0.4, 0.5) is 0 Å². The molecule has 8 heteroatoms. The molecule has 3 aromatic rings. The molecule has 3 N–H and O–H groups in total. The van der Waals surface area contributed by atoms with Gasteiger partial charge in [0.25, 0.3) is 11.1 Å². The molecule has 0 aliphatic heterocycles. The topological polar surface area (TPSA) is 113 Å². The molecule has 0 unspecified atom stereocenters. The summed E-state index contributed by atoms with van der Waals surface area (Å²) >= 11 is 0. The molecule has 0 saturated carbocycles. The molecule has 8 nitrogen and oxygen atoms in total. The summed E-state index contributed by atoms with van der Waals surface area (Å²) in [5.41, 5.74) is 1.58. The van der Waals surface area contributed by atoms with Crippen LogP contribution in [0.25, 0.3) is 17.7 Å². The molecule has 0 spiro atoms. The third-order valence-corrected chi connectivity index (χ3v) is 4.12. The van der Waals surface area contributed by atoms with Gasteiger partial charge in [0, 0.05) is 0 Å². The van der Waals surface area contributed by atoms with Gasteiger partial charge in [0.05, 0.1) is 37.5 Å². The van der Waals surface area contributed by atoms with Gasteiger partial charge < -0.3 is 24.4 Å². The van der Waals surface area contributed by atoms with E-state index in [1.807, 2.05) is 6.92 Å². The molecule has 0 saturated heterocycles. The Kier molecular flexibility index (Phi) is 5.30. The molecule has 0 atom stereocenters. The van der Waals surface area contributed by atoms with Gasteiger partial charge in [-0.3, -0.25) is 9.59 Å². The highest BCUT2D eigenvalue weighted by Crippen LogP contribution is 2.28. The second kappa shape index (κ2) is 7.83. The van der Waals surface area contributed by atoms with Crippen LogP contribution >= 0.6 is 0 Å². The smallest absolute Gasteiger partial charge is 0.272 e. The zero-order valence-electron chi connectivity index (χ0n) is 15.8. The van der Waals surface area contributed by atoms with Gasteiger partial charge >= 0.3 is 0 Å². The fraction of sp³-hybridized carbons (Fsp3) is 0.150. The van der Waals surface area contributed by atoms with Crippen molar-refractivity contribution in [2.24, 2.45) is 0 Å². The summed E-state index contributed by atoms with van der Waals surface area (Å²) in [5, 5.41) is 0.163. The third kappa shape index (κ3) is 3.66. The van der Waals surface area contributed by atoms with Crippen LogP contribution in [0.15, 0.2) is 40.7 Å². The van der Waals surface area contributed by atoms with E-state index in [0.717, 1.165) is 5.57 Å². The number of hydrogen-bond donors (Lipinski definition) is 3. The molecule has 0 radical (unpaired) electrons. The van der Waals surface area contributed by atoms with Gasteiger partial charge in [0.1, 0.15) is 22.2 Å². The monoisotopic (exact) mass is 380 g/mol. The Hall–Kier alpha value is -3.81. The van der Waals surface area contributed by atoms with Crippen molar-refractivity contribution in [3.05, 3.63) is 79.5 Å². The van der Waals surface area contributed by atoms with E-state index in [2.05, 4.69) is 26.5 Å². The molecule has 1 aromatic carbocycles. The van der Waals surface area contributed by atoms with Crippen molar-refractivity contribution in [1.29, 1.82) is 0 Å². The first-order valence-electron chi connectivity index (χ1n) is 8.41. The quantitative estimate of drug-likeness (QED) is 0.596. The van der Waals surface area contributed by atoms with Crippen LogP contribution in [0.1, 0.15) is 23.9 Å². The molecule has 28 heavy (non-hydrogen) atoms. The Morgan fingerprint density at radius 1 is 1.04 bits per heavy atom. The Morgan fingerprint density at radius 3 is 2.14 bits per heavy atom. The third-order valence-electron chi connectivity index (χ3n) is 4.12. The first-order valence-corrected chi connectivity index (χ1v) is 8.41. The minimum Gasteiger partial charge on any atom is -0.496 e. The molecule has 0 amide bonds. The van der Waals surface area contributed by atoms with Gasteiger partial charge in [-0.05, 0) is 36.8 Å². The van der Waals surface area contributed by atoms with E-state index in [1.54, 1.807) is 18.2 Å². The minimum absolute atomic E-state index is 0.0760. The van der Waals surface area contributed by atoms with Gasteiger partial charge in [0.15, 0.2) is 0 Å². The van der Waals surface area contributed by atoms with E-state index in [0.29, 0.717) is 28.5 Å². The maximum absolute atomic E-state index is 12.5. The molecule has 144 valence electrons. The van der Waals surface area contributed by atoms with Crippen LogP contribution in [-0.4, -0.2) is 34.2 Å². The van der Waals surface area contributed by atoms with Crippen LogP contribution in [0.5, 0.6) is 11.5 Å². The number of imidazole rings is 1. The lowest BCUT2D eigenvalue weighted by Crippen LogP contribution is -2.46. The zero-order valence-corrected chi connectivity index (χ0v) is 15.8. The SMILES string of the molecule is C=C(C)c1[nH]cnc1/C=c1\[nH]c(=O)/c(=C/c2c(OC)cccc2OC)[nH]c1=O. The van der Waals surface area contributed by atoms with Crippen molar-refractivity contribution in [3.8, 4) is 11.5 Å². The van der Waals surface area contributed by atoms with Gasteiger partial charge in [0.2, 0.25) is 0 Å². The normalized spacial score (nSPS) is 12.2. The van der Waals surface area contributed by atoms with E-state index in [1.165, 1.54) is 32.7 Å². The number of H-pyrrole nitrogens is 3. The standard InChI is InChI=1S/C20H20N4O4/c1-11(2)18-13(21-10-22-18)9-15-20(26)23-14(19(25)24-15)8-12-16(27-3)6-5-7-17(12)28-4/h5-10H,1H2,2-4H3,(H,21,22)(H,23,26)(H,24,25)/b14-8-,15-9-. The first kappa shape index (κ1) is 19.0. The van der Waals surface area contributed by atoms with Crippen LogP contribution in [-0.2, 0) is 0 Å². The maximum atomic E-state index is 12.5. The molecule has 0 aliphatic rings. The number of nitrogens with zero attached hydrogens (tertiary/aromatic N) is 1. The van der Waals surface area contributed by atoms with Gasteiger partial charge in [-0.1, -0.05) is 12.6 Å². The van der Waals surface area contributed by atoms with E-state index < -0.39 is 11.1 Å². The maximum Gasteiger partial charge on any atom is 0.272 e. The predicted octanol–water partition coefficient (Wildman–Crippen LogP) is 0.494. The molecular weight excluding hydrogens is 360 g/mol. The highest BCUT2D eigenvalue weighted by atomic mass is 16.5. The molecular formula is C20H20N4O4. The van der Waals surface area contributed by atoms with Crippen molar-refractivity contribution >= 4 is 17.7 Å². The number of allylic oxidation sites excluding steroid dienone is 1. The summed E-state index contributed by atoms with van der Waals surface area (Å²) in [7, 11) is 3.03. The van der Waals surface area contributed by atoms with Crippen LogP contribution in [0.2, 0.25) is 0 Å². The van der Waals surface area contributed by atoms with Gasteiger partial charge in [-0.25, -0.2) is 4.98 Å². The Bertz CT molecular complexity index is 1240. The Morgan fingerprint density at radius 2 is 1.61 bits per heavy atom. The van der Waals surface area contributed by atoms with Crippen LogP contribution in [0.3, 0.4) is 0 Å². The fourth-order valence-electron chi connectivity index (χ4n) is 2.76. The largest absolute Gasteiger partial charge is 0.496 e. The summed E-state index contributed by atoms with van der Waals surface area (Å²) in [6, 6.07) is 5.24. The molecule has 3 rings (SSSR count). The van der Waals surface area contributed by atoms with Crippen molar-refractivity contribution in [1.82, 2.24) is 19.9 Å². The number of benzene rings is 1. The first-order chi connectivity index (χ1) is 13.4. The number of nitrogens with one attached hydrogen (secondary N) is 3. The van der Waals surface area contributed by atoms with Crippen molar-refractivity contribution in [2.75, 3.05) is 14.2 Å². The summed E-state index contributed by atoms with van der Waals surface area (Å²) in [6.45, 7) is 5.67. The Labute approximate surface area is 159 Å². The van der Waals surface area contributed by atoms with Crippen molar-refractivity contribution < 1.29 is 9.47 Å². The number of methoxy groups -OCH3 is 2. The molecule has 0 aliphatic carbocycles. The van der Waals surface area contributed by atoms with Crippen molar-refractivity contribution in [2.45, 2.75) is 6.92 Å². The summed E-state index contributed by atoms with van der Waals surface area (Å²) in [6.07, 6.45) is 4.50. The molecule has 2 heterocycles.